The summed E-state index contributed by atoms with van der Waals surface area (Å²) in [5.74, 6) is -0.905. The molecule has 0 aliphatic carbocycles. The Kier molecular flexibility index (Phi) is 2.64. The molecule has 0 aliphatic heterocycles. The number of nitrogens with one attached hydrogen (secondary N) is 1. The summed E-state index contributed by atoms with van der Waals surface area (Å²) in [6.45, 7) is 0. The largest absolute Gasteiger partial charge is 0.482 e. The lowest BCUT2D eigenvalue weighted by Crippen LogP contribution is -2.23. The van der Waals surface area contributed by atoms with E-state index in [-0.39, 0.29) is 11.3 Å². The number of anilines is 1. The van der Waals surface area contributed by atoms with Crippen molar-refractivity contribution >= 4 is 11.6 Å². The van der Waals surface area contributed by atoms with E-state index in [1.54, 1.807) is 0 Å². The van der Waals surface area contributed by atoms with E-state index < -0.39 is 12.2 Å². The molecule has 3 N–H and O–H groups in total. The molecule has 0 radical (unpaired) electrons. The Morgan fingerprint density at radius 2 is 1.86 bits per heavy atom. The van der Waals surface area contributed by atoms with Crippen LogP contribution >= 0.6 is 0 Å². The van der Waals surface area contributed by atoms with Crippen LogP contribution in [0.3, 0.4) is 0 Å². The number of hydrogen-bond acceptors (Lipinski definition) is 2. The first-order valence-corrected chi connectivity index (χ1v) is 3.64. The van der Waals surface area contributed by atoms with Crippen LogP contribution in [-0.4, -0.2) is 12.2 Å². The molecule has 1 amide bonds. The van der Waals surface area contributed by atoms with Gasteiger partial charge in [0.15, 0.2) is 0 Å². The molecule has 1 aromatic carbocycles. The monoisotopic (exact) mass is 204 g/mol. The van der Waals surface area contributed by atoms with Crippen molar-refractivity contribution in [2.75, 3.05) is 5.32 Å². The second-order valence-electron chi connectivity index (χ2n) is 2.53. The van der Waals surface area contributed by atoms with Crippen molar-refractivity contribution in [1.29, 1.82) is 0 Å². The van der Waals surface area contributed by atoms with Crippen molar-refractivity contribution in [3.63, 3.8) is 0 Å². The fourth-order valence-electron chi connectivity index (χ4n) is 0.960. The summed E-state index contributed by atoms with van der Waals surface area (Å²) in [5, 5.41) is 1.23. The van der Waals surface area contributed by atoms with Crippen LogP contribution in [0.4, 0.5) is 18.9 Å². The lowest BCUT2D eigenvalue weighted by Gasteiger charge is -2.11. The van der Waals surface area contributed by atoms with Gasteiger partial charge in [-0.25, -0.2) is 0 Å². The van der Waals surface area contributed by atoms with Gasteiger partial charge in [-0.1, -0.05) is 12.1 Å². The topological polar surface area (TPSA) is 55.1 Å². The van der Waals surface area contributed by atoms with Gasteiger partial charge < -0.3 is 5.73 Å². The van der Waals surface area contributed by atoms with Gasteiger partial charge in [0.2, 0.25) is 0 Å². The maximum Gasteiger partial charge on any atom is 0.482 e. The highest BCUT2D eigenvalue weighted by Crippen LogP contribution is 2.22. The van der Waals surface area contributed by atoms with E-state index in [2.05, 4.69) is 0 Å². The number of alkyl halides is 3. The lowest BCUT2D eigenvalue weighted by molar-refractivity contribution is -0.0999. The van der Waals surface area contributed by atoms with Crippen LogP contribution < -0.4 is 11.1 Å². The van der Waals surface area contributed by atoms with Crippen molar-refractivity contribution in [3.8, 4) is 0 Å². The Hall–Kier alpha value is -1.72. The summed E-state index contributed by atoms with van der Waals surface area (Å²) < 4.78 is 35.8. The van der Waals surface area contributed by atoms with Gasteiger partial charge in [0, 0.05) is 0 Å². The first-order chi connectivity index (χ1) is 6.40. The zero-order valence-electron chi connectivity index (χ0n) is 6.93. The Morgan fingerprint density at radius 1 is 1.29 bits per heavy atom. The number of carbonyl (C=O) groups is 1. The van der Waals surface area contributed by atoms with Gasteiger partial charge in [-0.05, 0) is 12.1 Å². The summed E-state index contributed by atoms with van der Waals surface area (Å²) in [5.41, 5.74) is 4.36. The third-order valence-electron chi connectivity index (χ3n) is 1.47. The standard InChI is InChI=1S/C8H7F3N2O/c9-8(10,11)13-6-4-2-1-3-5(6)7(12)14/h1-4,13H,(H2,12,14). The first-order valence-electron chi connectivity index (χ1n) is 3.64. The maximum atomic E-state index is 11.9. The second-order valence-corrected chi connectivity index (χ2v) is 2.53. The minimum absolute atomic E-state index is 0.190. The molecule has 0 saturated carbocycles. The minimum Gasteiger partial charge on any atom is -0.366 e. The third-order valence-corrected chi connectivity index (χ3v) is 1.47. The van der Waals surface area contributed by atoms with Gasteiger partial charge in [-0.15, -0.1) is 0 Å². The average Bonchev–Trinajstić information content (AvgIpc) is 2.01. The quantitative estimate of drug-likeness (QED) is 0.720. The van der Waals surface area contributed by atoms with Crippen LogP contribution in [0.15, 0.2) is 24.3 Å². The van der Waals surface area contributed by atoms with Crippen molar-refractivity contribution in [2.45, 2.75) is 6.30 Å². The van der Waals surface area contributed by atoms with E-state index in [4.69, 9.17) is 5.73 Å². The Morgan fingerprint density at radius 3 is 2.36 bits per heavy atom. The highest BCUT2D eigenvalue weighted by molar-refractivity contribution is 5.98. The molecule has 14 heavy (non-hydrogen) atoms. The summed E-state index contributed by atoms with van der Waals surface area (Å²) in [4.78, 5) is 10.7. The molecule has 0 atom stereocenters. The molecule has 0 heterocycles. The Bertz CT molecular complexity index is 349. The molecule has 76 valence electrons. The molecule has 3 nitrogen and oxygen atoms in total. The molecular weight excluding hydrogens is 197 g/mol. The number of nitrogens with two attached hydrogens (primary N) is 1. The molecule has 6 heteroatoms. The number of benzene rings is 1. The van der Waals surface area contributed by atoms with Gasteiger partial charge in [0.05, 0.1) is 11.3 Å². The highest BCUT2D eigenvalue weighted by atomic mass is 19.4. The Balaban J connectivity index is 3.02. The highest BCUT2D eigenvalue weighted by Gasteiger charge is 2.28. The number of rotatable bonds is 2. The van der Waals surface area contributed by atoms with Crippen LogP contribution in [0.2, 0.25) is 0 Å². The van der Waals surface area contributed by atoms with Gasteiger partial charge in [-0.3, -0.25) is 10.1 Å². The summed E-state index contributed by atoms with van der Waals surface area (Å²) >= 11 is 0. The number of carbonyl (C=O) groups excluding carboxylic acids is 1. The molecule has 0 aromatic heterocycles. The predicted molar refractivity (Wildman–Crippen MR) is 44.6 cm³/mol. The molecule has 0 aliphatic rings. The summed E-state index contributed by atoms with van der Waals surface area (Å²) in [6, 6.07) is 5.16. The smallest absolute Gasteiger partial charge is 0.366 e. The normalized spacial score (nSPS) is 11.1. The molecule has 1 rings (SSSR count). The number of halogens is 3. The molecule has 0 spiro atoms. The van der Waals surface area contributed by atoms with Crippen LogP contribution in [-0.2, 0) is 0 Å². The van der Waals surface area contributed by atoms with Gasteiger partial charge >= 0.3 is 6.30 Å². The predicted octanol–water partition coefficient (Wildman–Crippen LogP) is 1.72. The third kappa shape index (κ3) is 2.65. The second kappa shape index (κ2) is 3.57. The van der Waals surface area contributed by atoms with Crippen LogP contribution in [0.25, 0.3) is 0 Å². The number of hydrogen-bond donors (Lipinski definition) is 2. The average molecular weight is 204 g/mol. The fourth-order valence-corrected chi connectivity index (χ4v) is 0.960. The van der Waals surface area contributed by atoms with E-state index in [1.165, 1.54) is 23.5 Å². The van der Waals surface area contributed by atoms with E-state index in [9.17, 15) is 18.0 Å². The van der Waals surface area contributed by atoms with E-state index in [0.29, 0.717) is 0 Å². The van der Waals surface area contributed by atoms with Crippen LogP contribution in [0, 0.1) is 0 Å². The van der Waals surface area contributed by atoms with Gasteiger partial charge in [-0.2, -0.15) is 13.2 Å². The molecule has 0 bridgehead atoms. The van der Waals surface area contributed by atoms with Gasteiger partial charge in [0.25, 0.3) is 5.91 Å². The Labute approximate surface area is 77.7 Å². The molecule has 0 fully saturated rings. The molecule has 1 aromatic rings. The van der Waals surface area contributed by atoms with Crippen molar-refractivity contribution < 1.29 is 18.0 Å². The van der Waals surface area contributed by atoms with E-state index in [0.717, 1.165) is 6.07 Å². The SMILES string of the molecule is NC(=O)c1ccccc1NC(F)(F)F. The van der Waals surface area contributed by atoms with Crippen LogP contribution in [0.1, 0.15) is 10.4 Å². The fraction of sp³-hybridized carbons (Fsp3) is 0.125. The minimum atomic E-state index is -4.58. The van der Waals surface area contributed by atoms with E-state index >= 15 is 0 Å². The lowest BCUT2D eigenvalue weighted by atomic mass is 10.1. The number of primary amides is 1. The molecule has 0 saturated heterocycles. The van der Waals surface area contributed by atoms with Crippen LogP contribution in [0.5, 0.6) is 0 Å². The number of para-hydroxylation sites is 1. The van der Waals surface area contributed by atoms with Gasteiger partial charge in [0.1, 0.15) is 0 Å². The molecule has 0 unspecified atom stereocenters. The zero-order chi connectivity index (χ0) is 10.8. The van der Waals surface area contributed by atoms with Crippen molar-refractivity contribution in [1.82, 2.24) is 0 Å². The van der Waals surface area contributed by atoms with Crippen molar-refractivity contribution in [3.05, 3.63) is 29.8 Å². The van der Waals surface area contributed by atoms with Crippen molar-refractivity contribution in [2.24, 2.45) is 5.73 Å². The summed E-state index contributed by atoms with van der Waals surface area (Å²) in [7, 11) is 0. The zero-order valence-corrected chi connectivity index (χ0v) is 6.93. The summed E-state index contributed by atoms with van der Waals surface area (Å²) in [6.07, 6.45) is -4.58. The first kappa shape index (κ1) is 10.4. The maximum absolute atomic E-state index is 11.9. The molecular formula is C8H7F3N2O. The number of amides is 1. The van der Waals surface area contributed by atoms with E-state index in [1.807, 2.05) is 0 Å².